The molecule has 148 valence electrons. The molecule has 0 spiro atoms. The monoisotopic (exact) mass is 451 g/mol. The van der Waals surface area contributed by atoms with Gasteiger partial charge in [0.15, 0.2) is 5.11 Å². The predicted molar refractivity (Wildman–Crippen MR) is 122 cm³/mol. The summed E-state index contributed by atoms with van der Waals surface area (Å²) in [4.78, 5) is 32.4. The first kappa shape index (κ1) is 20.3. The maximum absolute atomic E-state index is 13.2. The summed E-state index contributed by atoms with van der Waals surface area (Å²) in [6, 6.07) is 20.0. The number of hydrogen-bond donors (Lipinski definition) is 1. The van der Waals surface area contributed by atoms with E-state index in [0.717, 1.165) is 4.90 Å². The van der Waals surface area contributed by atoms with E-state index in [0.29, 0.717) is 21.3 Å². The first-order valence-electron chi connectivity index (χ1n) is 8.88. The van der Waals surface area contributed by atoms with Crippen LogP contribution in [0.25, 0.3) is 6.08 Å². The van der Waals surface area contributed by atoms with Crippen molar-refractivity contribution < 1.29 is 9.59 Å². The van der Waals surface area contributed by atoms with E-state index < -0.39 is 11.8 Å². The van der Waals surface area contributed by atoms with Crippen LogP contribution in [0.15, 0.2) is 88.4 Å². The van der Waals surface area contributed by atoms with E-state index in [-0.39, 0.29) is 10.7 Å². The van der Waals surface area contributed by atoms with Crippen LogP contribution in [0.5, 0.6) is 0 Å². The highest BCUT2D eigenvalue weighted by molar-refractivity contribution is 7.99. The van der Waals surface area contributed by atoms with Gasteiger partial charge in [-0.25, -0.2) is 4.98 Å². The fraction of sp³-hybridized carbons (Fsp3) is 0. The lowest BCUT2D eigenvalue weighted by atomic mass is 10.1. The summed E-state index contributed by atoms with van der Waals surface area (Å²) in [6.45, 7) is 0. The Morgan fingerprint density at radius 3 is 2.47 bits per heavy atom. The van der Waals surface area contributed by atoms with Crippen molar-refractivity contribution in [1.82, 2.24) is 10.3 Å². The topological polar surface area (TPSA) is 62.3 Å². The van der Waals surface area contributed by atoms with Gasteiger partial charge in [0.2, 0.25) is 0 Å². The van der Waals surface area contributed by atoms with Gasteiger partial charge in [-0.3, -0.25) is 19.8 Å². The highest BCUT2D eigenvalue weighted by Crippen LogP contribution is 2.30. The van der Waals surface area contributed by atoms with Gasteiger partial charge in [-0.15, -0.1) is 0 Å². The van der Waals surface area contributed by atoms with E-state index in [1.54, 1.807) is 42.6 Å². The van der Waals surface area contributed by atoms with Crippen molar-refractivity contribution in [2.24, 2.45) is 0 Å². The molecule has 2 aromatic carbocycles. The average molecular weight is 452 g/mol. The molecule has 0 saturated carbocycles. The maximum Gasteiger partial charge on any atom is 0.270 e. The minimum absolute atomic E-state index is 0.0227. The van der Waals surface area contributed by atoms with E-state index in [1.807, 2.05) is 36.4 Å². The Bertz CT molecular complexity index is 1160. The first-order chi connectivity index (χ1) is 14.5. The summed E-state index contributed by atoms with van der Waals surface area (Å²) in [6.07, 6.45) is 3.21. The summed E-state index contributed by atoms with van der Waals surface area (Å²) in [5.41, 5.74) is 1.15. The van der Waals surface area contributed by atoms with Crippen molar-refractivity contribution in [3.05, 3.63) is 89.1 Å². The van der Waals surface area contributed by atoms with Crippen LogP contribution >= 0.6 is 35.6 Å². The van der Waals surface area contributed by atoms with Gasteiger partial charge in [0.1, 0.15) is 10.6 Å². The summed E-state index contributed by atoms with van der Waals surface area (Å²) in [5.74, 6) is -1.06. The summed E-state index contributed by atoms with van der Waals surface area (Å²) in [5, 5.41) is 3.82. The van der Waals surface area contributed by atoms with Crippen molar-refractivity contribution in [2.75, 3.05) is 4.90 Å². The molecule has 2 amide bonds. The van der Waals surface area contributed by atoms with Gasteiger partial charge in [-0.05, 0) is 60.8 Å². The van der Waals surface area contributed by atoms with Crippen LogP contribution in [0.3, 0.4) is 0 Å². The van der Waals surface area contributed by atoms with E-state index in [1.165, 1.54) is 16.7 Å². The molecule has 8 heteroatoms. The summed E-state index contributed by atoms with van der Waals surface area (Å²) < 4.78 is 0. The number of anilines is 1. The third-order valence-electron chi connectivity index (χ3n) is 4.24. The SMILES string of the molecule is O=C1NC(=S)N(c2ccc(Cl)cc2)C(=O)C1=Cc1cccnc1Sc1ccccc1. The molecule has 0 unspecified atom stereocenters. The van der Waals surface area contributed by atoms with Crippen molar-refractivity contribution in [3.8, 4) is 0 Å². The van der Waals surface area contributed by atoms with Crippen LogP contribution in [-0.4, -0.2) is 21.9 Å². The standard InChI is InChI=1S/C22H14ClN3O2S2/c23-15-8-10-16(11-9-15)26-21(28)18(19(27)25-22(26)29)13-14-5-4-12-24-20(14)30-17-6-2-1-3-7-17/h1-13H,(H,25,27,29). The molecule has 4 rings (SSSR count). The minimum Gasteiger partial charge on any atom is -0.298 e. The molecule has 1 N–H and O–H groups in total. The number of hydrogen-bond acceptors (Lipinski definition) is 5. The number of carbonyl (C=O) groups is 2. The van der Waals surface area contributed by atoms with Crippen molar-refractivity contribution in [3.63, 3.8) is 0 Å². The second kappa shape index (κ2) is 8.79. The second-order valence-electron chi connectivity index (χ2n) is 6.25. The fourth-order valence-electron chi connectivity index (χ4n) is 2.84. The molecule has 2 heterocycles. The molecule has 1 aromatic heterocycles. The number of nitrogens with zero attached hydrogens (tertiary/aromatic N) is 2. The highest BCUT2D eigenvalue weighted by atomic mass is 35.5. The zero-order chi connectivity index (χ0) is 21.1. The average Bonchev–Trinajstić information content (AvgIpc) is 2.74. The van der Waals surface area contributed by atoms with Gasteiger partial charge in [0.05, 0.1) is 5.69 Å². The maximum atomic E-state index is 13.2. The lowest BCUT2D eigenvalue weighted by molar-refractivity contribution is -0.122. The highest BCUT2D eigenvalue weighted by Gasteiger charge is 2.34. The summed E-state index contributed by atoms with van der Waals surface area (Å²) in [7, 11) is 0. The number of rotatable bonds is 4. The van der Waals surface area contributed by atoms with Crippen molar-refractivity contribution in [2.45, 2.75) is 9.92 Å². The predicted octanol–water partition coefficient (Wildman–Crippen LogP) is 4.72. The van der Waals surface area contributed by atoms with Gasteiger partial charge in [0, 0.05) is 21.7 Å². The van der Waals surface area contributed by atoms with Crippen LogP contribution in [0.4, 0.5) is 5.69 Å². The molecule has 1 aliphatic rings. The van der Waals surface area contributed by atoms with Crippen molar-refractivity contribution in [1.29, 1.82) is 0 Å². The molecule has 1 aliphatic heterocycles. The Hall–Kier alpha value is -3.00. The molecule has 0 atom stereocenters. The van der Waals surface area contributed by atoms with Gasteiger partial charge in [-0.1, -0.05) is 47.6 Å². The van der Waals surface area contributed by atoms with Crippen LogP contribution in [0, 0.1) is 0 Å². The Morgan fingerprint density at radius 1 is 1.00 bits per heavy atom. The lowest BCUT2D eigenvalue weighted by Gasteiger charge is -2.29. The van der Waals surface area contributed by atoms with Crippen LogP contribution < -0.4 is 10.2 Å². The molecule has 1 saturated heterocycles. The zero-order valence-corrected chi connectivity index (χ0v) is 17.8. The molecule has 30 heavy (non-hydrogen) atoms. The van der Waals surface area contributed by atoms with E-state index in [4.69, 9.17) is 23.8 Å². The molecular formula is C22H14ClN3O2S2. The number of pyridine rings is 1. The molecule has 0 bridgehead atoms. The third kappa shape index (κ3) is 4.28. The number of amides is 2. The van der Waals surface area contributed by atoms with Gasteiger partial charge < -0.3 is 0 Å². The first-order valence-corrected chi connectivity index (χ1v) is 10.5. The van der Waals surface area contributed by atoms with Crippen molar-refractivity contribution >= 4 is 64.3 Å². The lowest BCUT2D eigenvalue weighted by Crippen LogP contribution is -2.54. The van der Waals surface area contributed by atoms with Crippen LogP contribution in [0.1, 0.15) is 5.56 Å². The second-order valence-corrected chi connectivity index (χ2v) is 8.13. The number of benzene rings is 2. The Morgan fingerprint density at radius 2 is 1.73 bits per heavy atom. The van der Waals surface area contributed by atoms with Gasteiger partial charge >= 0.3 is 0 Å². The number of thiocarbonyl (C=S) groups is 1. The minimum atomic E-state index is -0.547. The van der Waals surface area contributed by atoms with E-state index in [9.17, 15) is 9.59 Å². The smallest absolute Gasteiger partial charge is 0.270 e. The third-order valence-corrected chi connectivity index (χ3v) is 5.82. The van der Waals surface area contributed by atoms with Gasteiger partial charge in [0.25, 0.3) is 11.8 Å². The molecule has 1 fully saturated rings. The molecule has 0 aliphatic carbocycles. The summed E-state index contributed by atoms with van der Waals surface area (Å²) >= 11 is 12.6. The van der Waals surface area contributed by atoms with Crippen LogP contribution in [-0.2, 0) is 9.59 Å². The van der Waals surface area contributed by atoms with Gasteiger partial charge in [-0.2, -0.15) is 0 Å². The van der Waals surface area contributed by atoms with E-state index in [2.05, 4.69) is 10.3 Å². The normalized spacial score (nSPS) is 15.4. The Balaban J connectivity index is 1.71. The number of nitrogens with one attached hydrogen (secondary N) is 1. The number of halogens is 1. The molecule has 5 nitrogen and oxygen atoms in total. The zero-order valence-electron chi connectivity index (χ0n) is 15.4. The Labute approximate surface area is 187 Å². The fourth-order valence-corrected chi connectivity index (χ4v) is 4.12. The Kier molecular flexibility index (Phi) is 5.94. The molecule has 0 radical (unpaired) electrons. The van der Waals surface area contributed by atoms with Crippen LogP contribution in [0.2, 0.25) is 5.02 Å². The van der Waals surface area contributed by atoms with E-state index >= 15 is 0 Å². The molecular weight excluding hydrogens is 438 g/mol. The largest absolute Gasteiger partial charge is 0.298 e. The number of aromatic nitrogens is 1. The molecule has 3 aromatic rings. The number of carbonyl (C=O) groups excluding carboxylic acids is 2. The quantitative estimate of drug-likeness (QED) is 0.353.